The highest BCUT2D eigenvalue weighted by Crippen LogP contribution is 2.30. The first-order valence-electron chi connectivity index (χ1n) is 5.84. The summed E-state index contributed by atoms with van der Waals surface area (Å²) in [5.41, 5.74) is 4.79. The van der Waals surface area contributed by atoms with E-state index in [9.17, 15) is 0 Å². The summed E-state index contributed by atoms with van der Waals surface area (Å²) >= 11 is 6.96. The molecular formula is C12H15Br2N5. The summed E-state index contributed by atoms with van der Waals surface area (Å²) in [7, 11) is 0. The molecule has 0 aliphatic heterocycles. The van der Waals surface area contributed by atoms with Crippen LogP contribution < -0.4 is 11.3 Å². The Labute approximate surface area is 128 Å². The Morgan fingerprint density at radius 2 is 2.00 bits per heavy atom. The van der Waals surface area contributed by atoms with Crippen molar-refractivity contribution in [1.82, 2.24) is 20.2 Å². The van der Waals surface area contributed by atoms with Crippen molar-refractivity contribution in [2.75, 3.05) is 0 Å². The molecule has 0 amide bonds. The maximum atomic E-state index is 5.73. The van der Waals surface area contributed by atoms with Crippen LogP contribution in [0.15, 0.2) is 33.6 Å². The van der Waals surface area contributed by atoms with Crippen LogP contribution in [-0.2, 0) is 0 Å². The second kappa shape index (κ2) is 6.13. The lowest BCUT2D eigenvalue weighted by atomic mass is 10.1. The summed E-state index contributed by atoms with van der Waals surface area (Å²) in [6.45, 7) is 4.16. The van der Waals surface area contributed by atoms with Crippen molar-refractivity contribution in [3.05, 3.63) is 44.9 Å². The zero-order valence-corrected chi connectivity index (χ0v) is 13.8. The van der Waals surface area contributed by atoms with Gasteiger partial charge in [0.25, 0.3) is 0 Å². The summed E-state index contributed by atoms with van der Waals surface area (Å²) < 4.78 is 3.77. The number of aromatic nitrogens is 3. The van der Waals surface area contributed by atoms with Crippen molar-refractivity contribution in [3.63, 3.8) is 0 Å². The Hall–Kier alpha value is -0.760. The first-order valence-corrected chi connectivity index (χ1v) is 7.42. The molecule has 0 bridgehead atoms. The minimum Gasteiger partial charge on any atom is -0.271 e. The summed E-state index contributed by atoms with van der Waals surface area (Å²) in [5, 5.41) is 4.37. The van der Waals surface area contributed by atoms with Gasteiger partial charge >= 0.3 is 0 Å². The fourth-order valence-corrected chi connectivity index (χ4v) is 2.84. The average molecular weight is 389 g/mol. The Bertz CT molecular complexity index is 567. The molecule has 7 heteroatoms. The van der Waals surface area contributed by atoms with E-state index in [1.54, 1.807) is 18.6 Å². The van der Waals surface area contributed by atoms with Gasteiger partial charge in [0, 0.05) is 22.9 Å². The zero-order valence-electron chi connectivity index (χ0n) is 10.6. The number of hydrogen-bond acceptors (Lipinski definition) is 4. The molecule has 1 atom stereocenters. The Morgan fingerprint density at radius 3 is 2.58 bits per heavy atom. The Kier molecular flexibility index (Phi) is 4.72. The molecule has 0 saturated carbocycles. The normalized spacial score (nSPS) is 12.9. The number of hydrazine groups is 1. The third-order valence-corrected chi connectivity index (χ3v) is 3.82. The van der Waals surface area contributed by atoms with Crippen LogP contribution >= 0.6 is 31.9 Å². The van der Waals surface area contributed by atoms with Crippen LogP contribution in [0.25, 0.3) is 0 Å². The van der Waals surface area contributed by atoms with E-state index < -0.39 is 0 Å². The first-order chi connectivity index (χ1) is 9.04. The molecule has 0 aromatic carbocycles. The van der Waals surface area contributed by atoms with E-state index in [4.69, 9.17) is 5.84 Å². The van der Waals surface area contributed by atoms with Crippen LogP contribution in [0.5, 0.6) is 0 Å². The van der Waals surface area contributed by atoms with Gasteiger partial charge in [-0.05, 0) is 57.3 Å². The third-order valence-electron chi connectivity index (χ3n) is 2.78. The summed E-state index contributed by atoms with van der Waals surface area (Å²) in [5.74, 6) is 5.73. The standard InChI is InChI=1S/C12H15Br2N5/c1-7(2)19-12(10(14)6-17-19)11(18-15)8-3-9(13)5-16-4-8/h3-7,11,18H,15H2,1-2H3. The second-order valence-corrected chi connectivity index (χ2v) is 6.22. The van der Waals surface area contributed by atoms with Crippen molar-refractivity contribution >= 4 is 31.9 Å². The largest absolute Gasteiger partial charge is 0.271 e. The lowest BCUT2D eigenvalue weighted by Crippen LogP contribution is -2.31. The lowest BCUT2D eigenvalue weighted by Gasteiger charge is -2.20. The van der Waals surface area contributed by atoms with E-state index in [-0.39, 0.29) is 12.1 Å². The highest BCUT2D eigenvalue weighted by Gasteiger charge is 2.22. The van der Waals surface area contributed by atoms with Gasteiger partial charge in [-0.15, -0.1) is 0 Å². The zero-order chi connectivity index (χ0) is 14.0. The number of halogens is 2. The van der Waals surface area contributed by atoms with Gasteiger partial charge in [0.1, 0.15) is 0 Å². The van der Waals surface area contributed by atoms with Gasteiger partial charge < -0.3 is 0 Å². The van der Waals surface area contributed by atoms with E-state index in [1.807, 2.05) is 10.7 Å². The summed E-state index contributed by atoms with van der Waals surface area (Å²) in [6, 6.07) is 2.06. The number of nitrogens with two attached hydrogens (primary N) is 1. The number of hydrogen-bond donors (Lipinski definition) is 2. The first kappa shape index (κ1) is 14.6. The van der Waals surface area contributed by atoms with Crippen molar-refractivity contribution in [1.29, 1.82) is 0 Å². The smallest absolute Gasteiger partial charge is 0.0905 e. The SMILES string of the molecule is CC(C)n1ncc(Br)c1C(NN)c1cncc(Br)c1. The van der Waals surface area contributed by atoms with E-state index in [1.165, 1.54) is 0 Å². The predicted molar refractivity (Wildman–Crippen MR) is 81.4 cm³/mol. The Balaban J connectivity index is 2.51. The highest BCUT2D eigenvalue weighted by molar-refractivity contribution is 9.10. The van der Waals surface area contributed by atoms with Gasteiger partial charge in [-0.1, -0.05) is 0 Å². The third kappa shape index (κ3) is 3.05. The topological polar surface area (TPSA) is 68.8 Å². The van der Waals surface area contributed by atoms with Gasteiger partial charge in [-0.25, -0.2) is 5.43 Å². The maximum Gasteiger partial charge on any atom is 0.0905 e. The molecule has 102 valence electrons. The highest BCUT2D eigenvalue weighted by atomic mass is 79.9. The second-order valence-electron chi connectivity index (χ2n) is 4.45. The van der Waals surface area contributed by atoms with Crippen molar-refractivity contribution in [3.8, 4) is 0 Å². The minimum atomic E-state index is -0.177. The summed E-state index contributed by atoms with van der Waals surface area (Å²) in [4.78, 5) is 4.18. The van der Waals surface area contributed by atoms with Gasteiger partial charge in [0.15, 0.2) is 0 Å². The molecule has 0 saturated heterocycles. The van der Waals surface area contributed by atoms with E-state index >= 15 is 0 Å². The molecule has 3 N–H and O–H groups in total. The van der Waals surface area contributed by atoms with Crippen LogP contribution in [0.4, 0.5) is 0 Å². The predicted octanol–water partition coefficient (Wildman–Crippen LogP) is 2.94. The number of nitrogens with one attached hydrogen (secondary N) is 1. The maximum absolute atomic E-state index is 5.73. The molecule has 2 aromatic rings. The molecule has 2 rings (SSSR count). The molecule has 1 unspecified atom stereocenters. The van der Waals surface area contributed by atoms with Crippen molar-refractivity contribution in [2.24, 2.45) is 5.84 Å². The monoisotopic (exact) mass is 387 g/mol. The minimum absolute atomic E-state index is 0.177. The quantitative estimate of drug-likeness (QED) is 0.624. The van der Waals surface area contributed by atoms with Gasteiger partial charge in [0.2, 0.25) is 0 Å². The fourth-order valence-electron chi connectivity index (χ4n) is 1.95. The van der Waals surface area contributed by atoms with E-state index in [2.05, 4.69) is 61.2 Å². The Morgan fingerprint density at radius 1 is 1.26 bits per heavy atom. The van der Waals surface area contributed by atoms with Gasteiger partial charge in [0.05, 0.1) is 22.4 Å². The van der Waals surface area contributed by atoms with Crippen LogP contribution in [0.2, 0.25) is 0 Å². The molecule has 0 aliphatic carbocycles. The van der Waals surface area contributed by atoms with E-state index in [0.29, 0.717) is 0 Å². The molecule has 2 aromatic heterocycles. The van der Waals surface area contributed by atoms with E-state index in [0.717, 1.165) is 20.2 Å². The van der Waals surface area contributed by atoms with Crippen LogP contribution in [0.3, 0.4) is 0 Å². The van der Waals surface area contributed by atoms with Crippen molar-refractivity contribution in [2.45, 2.75) is 25.9 Å². The molecule has 0 fully saturated rings. The van der Waals surface area contributed by atoms with Crippen molar-refractivity contribution < 1.29 is 0 Å². The fraction of sp³-hybridized carbons (Fsp3) is 0.333. The van der Waals surface area contributed by atoms with Gasteiger partial charge in [-0.2, -0.15) is 5.10 Å². The molecule has 0 aliphatic rings. The van der Waals surface area contributed by atoms with Crippen LogP contribution in [-0.4, -0.2) is 14.8 Å². The lowest BCUT2D eigenvalue weighted by molar-refractivity contribution is 0.475. The van der Waals surface area contributed by atoms with Gasteiger partial charge in [-0.3, -0.25) is 15.5 Å². The number of nitrogens with zero attached hydrogens (tertiary/aromatic N) is 3. The number of pyridine rings is 1. The molecule has 2 heterocycles. The molecule has 19 heavy (non-hydrogen) atoms. The molecule has 0 spiro atoms. The van der Waals surface area contributed by atoms with Crippen LogP contribution in [0, 0.1) is 0 Å². The summed E-state index contributed by atoms with van der Waals surface area (Å²) in [6.07, 6.45) is 5.32. The molecular weight excluding hydrogens is 374 g/mol. The molecule has 5 nitrogen and oxygen atoms in total. The van der Waals surface area contributed by atoms with Crippen LogP contribution in [0.1, 0.15) is 37.2 Å². The average Bonchev–Trinajstić information content (AvgIpc) is 2.73. The molecule has 0 radical (unpaired) electrons. The number of rotatable bonds is 4.